The van der Waals surface area contributed by atoms with Crippen LogP contribution in [0.4, 0.5) is 15.9 Å². The Morgan fingerprint density at radius 2 is 1.97 bits per heavy atom. The van der Waals surface area contributed by atoms with Crippen molar-refractivity contribution in [3.8, 4) is 11.3 Å². The number of pyridine rings is 1. The molecule has 188 valence electrons. The van der Waals surface area contributed by atoms with Gasteiger partial charge in [0.15, 0.2) is 11.5 Å². The molecule has 1 amide bonds. The van der Waals surface area contributed by atoms with Crippen LogP contribution >= 0.6 is 0 Å². The Bertz CT molecular complexity index is 1560. The van der Waals surface area contributed by atoms with Gasteiger partial charge in [-0.05, 0) is 38.1 Å². The largest absolute Gasteiger partial charge is 0.385 e. The number of carbonyl (C=O) groups excluding carboxylic acids is 1. The Morgan fingerprint density at radius 3 is 2.78 bits per heavy atom. The zero-order valence-corrected chi connectivity index (χ0v) is 20.3. The number of fused-ring (bicyclic) bond motifs is 1. The van der Waals surface area contributed by atoms with E-state index in [2.05, 4.69) is 30.7 Å². The van der Waals surface area contributed by atoms with Gasteiger partial charge in [-0.1, -0.05) is 12.1 Å². The Kier molecular flexibility index (Phi) is 6.60. The van der Waals surface area contributed by atoms with Crippen molar-refractivity contribution >= 4 is 23.1 Å². The number of rotatable bonds is 8. The van der Waals surface area contributed by atoms with E-state index in [1.54, 1.807) is 56.0 Å². The smallest absolute Gasteiger partial charge is 0.246 e. The summed E-state index contributed by atoms with van der Waals surface area (Å²) in [5.41, 5.74) is 4.22. The van der Waals surface area contributed by atoms with Gasteiger partial charge in [0.2, 0.25) is 5.91 Å². The Labute approximate surface area is 211 Å². The van der Waals surface area contributed by atoms with E-state index in [0.717, 1.165) is 17.0 Å². The van der Waals surface area contributed by atoms with Crippen molar-refractivity contribution in [2.24, 2.45) is 0 Å². The van der Waals surface area contributed by atoms with Crippen LogP contribution in [0, 0.1) is 19.7 Å². The van der Waals surface area contributed by atoms with Crippen LogP contribution in [0.15, 0.2) is 67.4 Å². The van der Waals surface area contributed by atoms with Gasteiger partial charge < -0.3 is 15.7 Å². The number of halogens is 1. The van der Waals surface area contributed by atoms with Gasteiger partial charge in [0.25, 0.3) is 0 Å². The molecule has 3 N–H and O–H groups in total. The van der Waals surface area contributed by atoms with Crippen molar-refractivity contribution in [3.63, 3.8) is 0 Å². The van der Waals surface area contributed by atoms with Gasteiger partial charge in [0.05, 0.1) is 29.5 Å². The van der Waals surface area contributed by atoms with E-state index in [4.69, 9.17) is 0 Å². The molecule has 0 radical (unpaired) electrons. The molecule has 11 heteroatoms. The number of aromatic nitrogens is 6. The molecule has 37 heavy (non-hydrogen) atoms. The summed E-state index contributed by atoms with van der Waals surface area (Å²) >= 11 is 0. The van der Waals surface area contributed by atoms with Crippen molar-refractivity contribution in [3.05, 3.63) is 90.2 Å². The number of amides is 1. The predicted molar refractivity (Wildman–Crippen MR) is 136 cm³/mol. The molecule has 1 aromatic carbocycles. The second-order valence-corrected chi connectivity index (χ2v) is 8.61. The summed E-state index contributed by atoms with van der Waals surface area (Å²) < 4.78 is 17.2. The third kappa shape index (κ3) is 5.16. The topological polar surface area (TPSA) is 122 Å². The number of hydrogen-bond acceptors (Lipinski definition) is 7. The Balaban J connectivity index is 1.32. The fourth-order valence-electron chi connectivity index (χ4n) is 3.97. The van der Waals surface area contributed by atoms with Gasteiger partial charge in [-0.15, -0.1) is 0 Å². The number of carbonyl (C=O) groups is 1. The van der Waals surface area contributed by atoms with E-state index in [1.165, 1.54) is 10.7 Å². The predicted octanol–water partition coefficient (Wildman–Crippen LogP) is 3.53. The zero-order chi connectivity index (χ0) is 25.9. The van der Waals surface area contributed by atoms with Crippen LogP contribution in [0.2, 0.25) is 0 Å². The molecule has 4 aromatic heterocycles. The van der Waals surface area contributed by atoms with E-state index >= 15 is 0 Å². The van der Waals surface area contributed by atoms with Gasteiger partial charge >= 0.3 is 0 Å². The van der Waals surface area contributed by atoms with Gasteiger partial charge in [0.1, 0.15) is 18.5 Å². The molecule has 5 rings (SSSR count). The number of aryl methyl sites for hydroxylation is 1. The fraction of sp³-hybridized carbons (Fsp3) is 0.192. The van der Waals surface area contributed by atoms with Crippen LogP contribution in [-0.4, -0.2) is 46.7 Å². The highest BCUT2D eigenvalue weighted by molar-refractivity contribution is 5.91. The molecule has 1 unspecified atom stereocenters. The first-order valence-corrected chi connectivity index (χ1v) is 11.6. The van der Waals surface area contributed by atoms with Crippen molar-refractivity contribution in [1.82, 2.24) is 29.1 Å². The number of imidazole rings is 1. The summed E-state index contributed by atoms with van der Waals surface area (Å²) in [6, 6.07) is 9.93. The average molecular weight is 501 g/mol. The van der Waals surface area contributed by atoms with E-state index < -0.39 is 6.10 Å². The molecule has 0 aliphatic heterocycles. The van der Waals surface area contributed by atoms with Crippen LogP contribution in [0.5, 0.6) is 0 Å². The van der Waals surface area contributed by atoms with Gasteiger partial charge in [-0.25, -0.2) is 14.4 Å². The zero-order valence-electron chi connectivity index (χ0n) is 20.3. The van der Waals surface area contributed by atoms with Gasteiger partial charge in [-0.2, -0.15) is 5.10 Å². The summed E-state index contributed by atoms with van der Waals surface area (Å²) in [5.74, 6) is -0.172. The first-order chi connectivity index (χ1) is 17.9. The molecule has 0 saturated carbocycles. The quantitative estimate of drug-likeness (QED) is 0.298. The summed E-state index contributed by atoms with van der Waals surface area (Å²) in [4.78, 5) is 25.8. The van der Waals surface area contributed by atoms with Crippen LogP contribution in [0.25, 0.3) is 16.9 Å². The van der Waals surface area contributed by atoms with Crippen LogP contribution < -0.4 is 10.6 Å². The number of hydrogen-bond donors (Lipinski definition) is 3. The molecule has 0 spiro atoms. The molecule has 0 saturated heterocycles. The number of aliphatic hydroxyl groups is 1. The normalized spacial score (nSPS) is 12.0. The lowest BCUT2D eigenvalue weighted by Gasteiger charge is -2.13. The number of benzene rings is 1. The molecule has 0 bridgehead atoms. The number of nitrogens with one attached hydrogen (secondary N) is 2. The fourth-order valence-corrected chi connectivity index (χ4v) is 3.97. The minimum absolute atomic E-state index is 0.0362. The second kappa shape index (κ2) is 10.2. The lowest BCUT2D eigenvalue weighted by atomic mass is 10.2. The summed E-state index contributed by atoms with van der Waals surface area (Å²) in [6.07, 6.45) is 7.78. The van der Waals surface area contributed by atoms with E-state index in [9.17, 15) is 14.3 Å². The second-order valence-electron chi connectivity index (χ2n) is 8.61. The molecule has 5 aromatic rings. The molecule has 4 heterocycles. The van der Waals surface area contributed by atoms with Crippen LogP contribution in [0.1, 0.15) is 23.1 Å². The maximum atomic E-state index is 13.8. The summed E-state index contributed by atoms with van der Waals surface area (Å²) in [6.45, 7) is 3.65. The molecule has 1 atom stereocenters. The highest BCUT2D eigenvalue weighted by atomic mass is 19.1. The molecule has 10 nitrogen and oxygen atoms in total. The van der Waals surface area contributed by atoms with E-state index in [-0.39, 0.29) is 24.8 Å². The third-order valence-electron chi connectivity index (χ3n) is 5.88. The SMILES string of the molecule is Cc1cn2c(-c3cnn(CC(=O)Nc4cccc(F)c4C)c3)cnc2c(NCC(O)c2ccccn2)n1. The highest BCUT2D eigenvalue weighted by Crippen LogP contribution is 2.25. The van der Waals surface area contributed by atoms with Gasteiger partial charge in [0, 0.05) is 41.9 Å². The van der Waals surface area contributed by atoms with Crippen molar-refractivity contribution in [2.75, 3.05) is 17.2 Å². The Morgan fingerprint density at radius 1 is 1.11 bits per heavy atom. The van der Waals surface area contributed by atoms with Gasteiger partial charge in [-0.3, -0.25) is 18.9 Å². The first-order valence-electron chi connectivity index (χ1n) is 11.6. The lowest BCUT2D eigenvalue weighted by Crippen LogP contribution is -2.19. The highest BCUT2D eigenvalue weighted by Gasteiger charge is 2.16. The minimum Gasteiger partial charge on any atom is -0.385 e. The molecule has 0 fully saturated rings. The molecular formula is C26H25FN8O2. The molecule has 0 aliphatic rings. The van der Waals surface area contributed by atoms with E-state index in [1.807, 2.05) is 23.6 Å². The third-order valence-corrected chi connectivity index (χ3v) is 5.88. The first kappa shape index (κ1) is 24.1. The maximum Gasteiger partial charge on any atom is 0.246 e. The summed E-state index contributed by atoms with van der Waals surface area (Å²) in [7, 11) is 0. The molecule has 0 aliphatic carbocycles. The van der Waals surface area contributed by atoms with Crippen molar-refractivity contribution in [2.45, 2.75) is 26.5 Å². The molecular weight excluding hydrogens is 475 g/mol. The minimum atomic E-state index is -0.807. The Hall–Kier alpha value is -4.64. The maximum absolute atomic E-state index is 13.8. The number of nitrogens with zero attached hydrogens (tertiary/aromatic N) is 6. The number of anilines is 2. The summed E-state index contributed by atoms with van der Waals surface area (Å²) in [5, 5.41) is 20.7. The van der Waals surface area contributed by atoms with E-state index in [0.29, 0.717) is 28.4 Å². The van der Waals surface area contributed by atoms with Crippen molar-refractivity contribution < 1.29 is 14.3 Å². The van der Waals surface area contributed by atoms with Crippen LogP contribution in [0.3, 0.4) is 0 Å². The number of aliphatic hydroxyl groups excluding tert-OH is 1. The lowest BCUT2D eigenvalue weighted by molar-refractivity contribution is -0.116. The monoisotopic (exact) mass is 500 g/mol. The van der Waals surface area contributed by atoms with Crippen LogP contribution in [-0.2, 0) is 11.3 Å². The van der Waals surface area contributed by atoms with Crippen molar-refractivity contribution in [1.29, 1.82) is 0 Å². The standard InChI is InChI=1S/C26H25FN8O2/c1-16-13-35-22(11-30-26(35)25(32-16)29-12-23(36)21-7-3-4-9-28-21)18-10-31-34(14-18)15-24(37)33-20-8-5-6-19(27)17(20)2/h3-11,13-14,23,36H,12,15H2,1-2H3,(H,29,32)(H,33,37). The average Bonchev–Trinajstić information content (AvgIpc) is 3.52.